The summed E-state index contributed by atoms with van der Waals surface area (Å²) in [5, 5.41) is 0. The van der Waals surface area contributed by atoms with Crippen LogP contribution >= 0.6 is 0 Å². The van der Waals surface area contributed by atoms with E-state index in [1.54, 1.807) is 0 Å². The molecule has 0 saturated heterocycles. The Kier molecular flexibility index (Phi) is 15.5. The molecular weight excluding hydrogens is 288 g/mol. The fourth-order valence-corrected chi connectivity index (χ4v) is 4.37. The van der Waals surface area contributed by atoms with Gasteiger partial charge < -0.3 is 0 Å². The Hall–Kier alpha value is 0. The zero-order valence-electron chi connectivity index (χ0n) is 19.3. The smallest absolute Gasteiger partial charge is 0.0354 e. The van der Waals surface area contributed by atoms with Crippen LogP contribution in [-0.2, 0) is 0 Å². The van der Waals surface area contributed by atoms with Crippen LogP contribution in [0.5, 0.6) is 0 Å². The molecule has 1 rings (SSSR count). The second kappa shape index (κ2) is 14.2. The van der Waals surface area contributed by atoms with Crippen LogP contribution < -0.4 is 0 Å². The minimum Gasteiger partial charge on any atom is -0.0683 e. The summed E-state index contributed by atoms with van der Waals surface area (Å²) in [6.07, 6.45) is 9.91. The van der Waals surface area contributed by atoms with E-state index in [-0.39, 0.29) is 0 Å². The van der Waals surface area contributed by atoms with E-state index < -0.39 is 0 Å². The molecule has 24 heavy (non-hydrogen) atoms. The highest BCUT2D eigenvalue weighted by Gasteiger charge is 2.27. The van der Waals surface area contributed by atoms with Gasteiger partial charge >= 0.3 is 0 Å². The molecule has 0 N–H and O–H groups in total. The van der Waals surface area contributed by atoms with Crippen molar-refractivity contribution in [3.8, 4) is 0 Å². The molecule has 148 valence electrons. The maximum Gasteiger partial charge on any atom is -0.0354 e. The second-order valence-corrected chi connectivity index (χ2v) is 9.22. The van der Waals surface area contributed by atoms with Gasteiger partial charge in [0, 0.05) is 0 Å². The van der Waals surface area contributed by atoms with Gasteiger partial charge in [-0.15, -0.1) is 0 Å². The van der Waals surface area contributed by atoms with Crippen molar-refractivity contribution >= 4 is 0 Å². The zero-order chi connectivity index (χ0) is 19.3. The van der Waals surface area contributed by atoms with Gasteiger partial charge in [-0.25, -0.2) is 0 Å². The summed E-state index contributed by atoms with van der Waals surface area (Å²) < 4.78 is 0. The molecule has 0 radical (unpaired) electrons. The molecule has 0 aromatic heterocycles. The average Bonchev–Trinajstić information content (AvgIpc) is 2.54. The van der Waals surface area contributed by atoms with Crippen molar-refractivity contribution in [2.24, 2.45) is 35.0 Å². The van der Waals surface area contributed by atoms with Crippen molar-refractivity contribution in [1.29, 1.82) is 0 Å². The van der Waals surface area contributed by atoms with Crippen LogP contribution in [-0.4, -0.2) is 0 Å². The molecule has 0 amide bonds. The zero-order valence-corrected chi connectivity index (χ0v) is 19.3. The van der Waals surface area contributed by atoms with Gasteiger partial charge in [0.25, 0.3) is 0 Å². The van der Waals surface area contributed by atoms with E-state index in [9.17, 15) is 0 Å². The van der Waals surface area contributed by atoms with Gasteiger partial charge in [0.15, 0.2) is 0 Å². The molecular formula is C24H52. The first kappa shape index (κ1) is 26.2. The average molecular weight is 341 g/mol. The van der Waals surface area contributed by atoms with Gasteiger partial charge in [-0.2, -0.15) is 0 Å². The van der Waals surface area contributed by atoms with E-state index in [1.807, 2.05) is 13.8 Å². The van der Waals surface area contributed by atoms with Crippen molar-refractivity contribution < 1.29 is 0 Å². The summed E-state index contributed by atoms with van der Waals surface area (Å²) in [6, 6.07) is 0. The van der Waals surface area contributed by atoms with Crippen molar-refractivity contribution in [2.45, 2.75) is 121 Å². The maximum atomic E-state index is 2.39. The SMILES string of the molecule is CC.CC1CCC(C(C)(C)C)CC1.CCC(CC)C(CC)C(C)C. The predicted molar refractivity (Wildman–Crippen MR) is 115 cm³/mol. The third kappa shape index (κ3) is 10.8. The van der Waals surface area contributed by atoms with E-state index in [0.717, 1.165) is 29.6 Å². The molecule has 0 aromatic rings. The van der Waals surface area contributed by atoms with Gasteiger partial charge in [-0.05, 0) is 47.8 Å². The van der Waals surface area contributed by atoms with Gasteiger partial charge in [0.2, 0.25) is 0 Å². The van der Waals surface area contributed by atoms with Gasteiger partial charge in [0.1, 0.15) is 0 Å². The Morgan fingerprint density at radius 3 is 1.42 bits per heavy atom. The van der Waals surface area contributed by atoms with Crippen molar-refractivity contribution in [1.82, 2.24) is 0 Å². The highest BCUT2D eigenvalue weighted by molar-refractivity contribution is 4.79. The lowest BCUT2D eigenvalue weighted by molar-refractivity contribution is 0.155. The Balaban J connectivity index is 0. The highest BCUT2D eigenvalue weighted by atomic mass is 14.3. The Labute approximate surface area is 156 Å². The van der Waals surface area contributed by atoms with Crippen LogP contribution in [0.2, 0.25) is 0 Å². The Bertz CT molecular complexity index is 246. The van der Waals surface area contributed by atoms with E-state index in [2.05, 4.69) is 62.3 Å². The van der Waals surface area contributed by atoms with E-state index in [4.69, 9.17) is 0 Å². The molecule has 0 nitrogen and oxygen atoms in total. The molecule has 0 spiro atoms. The molecule has 1 fully saturated rings. The van der Waals surface area contributed by atoms with Crippen molar-refractivity contribution in [2.75, 3.05) is 0 Å². The van der Waals surface area contributed by atoms with E-state index in [0.29, 0.717) is 5.41 Å². The predicted octanol–water partition coefficient (Wildman–Crippen LogP) is 8.99. The molecule has 0 aromatic carbocycles. The van der Waals surface area contributed by atoms with Crippen LogP contribution in [0.3, 0.4) is 0 Å². The lowest BCUT2D eigenvalue weighted by Gasteiger charge is -2.35. The number of hydrogen-bond donors (Lipinski definition) is 0. The van der Waals surface area contributed by atoms with E-state index >= 15 is 0 Å². The summed E-state index contributed by atoms with van der Waals surface area (Å²) in [7, 11) is 0. The molecule has 0 heteroatoms. The standard InChI is InChI=1S/C11H22.C11H24.C2H6/c1-9-5-7-10(8-6-9)11(2,3)4;1-6-10(7-2)11(8-3)9(4)5;1-2/h9-10H,5-8H2,1-4H3;9-11H,6-8H2,1-5H3;1-2H3. The molecule has 1 aliphatic carbocycles. The van der Waals surface area contributed by atoms with E-state index in [1.165, 1.54) is 44.9 Å². The molecule has 1 atom stereocenters. The second-order valence-electron chi connectivity index (χ2n) is 9.22. The van der Waals surface area contributed by atoms with Gasteiger partial charge in [0.05, 0.1) is 0 Å². The quantitative estimate of drug-likeness (QED) is 0.468. The van der Waals surface area contributed by atoms with Gasteiger partial charge in [-0.1, -0.05) is 108 Å². The minimum absolute atomic E-state index is 0.556. The van der Waals surface area contributed by atoms with Crippen LogP contribution in [0.25, 0.3) is 0 Å². The molecule has 0 aliphatic heterocycles. The first-order valence-electron chi connectivity index (χ1n) is 11.2. The van der Waals surface area contributed by atoms with Gasteiger partial charge in [-0.3, -0.25) is 0 Å². The van der Waals surface area contributed by atoms with Crippen LogP contribution in [0.1, 0.15) is 121 Å². The van der Waals surface area contributed by atoms with Crippen molar-refractivity contribution in [3.05, 3.63) is 0 Å². The molecule has 1 aliphatic rings. The highest BCUT2D eigenvalue weighted by Crippen LogP contribution is 2.39. The van der Waals surface area contributed by atoms with Crippen LogP contribution in [0.4, 0.5) is 0 Å². The Morgan fingerprint density at radius 2 is 1.21 bits per heavy atom. The lowest BCUT2D eigenvalue weighted by atomic mass is 9.70. The maximum absolute atomic E-state index is 2.39. The number of hydrogen-bond acceptors (Lipinski definition) is 0. The molecule has 1 saturated carbocycles. The van der Waals surface area contributed by atoms with Crippen LogP contribution in [0, 0.1) is 35.0 Å². The summed E-state index contributed by atoms with van der Waals surface area (Å²) in [4.78, 5) is 0. The fourth-order valence-electron chi connectivity index (χ4n) is 4.37. The minimum atomic E-state index is 0.556. The normalized spacial score (nSPS) is 22.4. The molecule has 1 unspecified atom stereocenters. The van der Waals surface area contributed by atoms with Crippen LogP contribution in [0.15, 0.2) is 0 Å². The monoisotopic (exact) mass is 340 g/mol. The topological polar surface area (TPSA) is 0 Å². The first-order chi connectivity index (χ1) is 11.2. The summed E-state index contributed by atoms with van der Waals surface area (Å²) in [6.45, 7) is 25.2. The lowest BCUT2D eigenvalue weighted by Crippen LogP contribution is -2.24. The Morgan fingerprint density at radius 1 is 0.792 bits per heavy atom. The summed E-state index contributed by atoms with van der Waals surface area (Å²) in [5.74, 6) is 4.75. The molecule has 0 heterocycles. The number of rotatable bonds is 5. The summed E-state index contributed by atoms with van der Waals surface area (Å²) >= 11 is 0. The largest absolute Gasteiger partial charge is 0.0683 e. The third-order valence-electron chi connectivity index (χ3n) is 6.22. The third-order valence-corrected chi connectivity index (χ3v) is 6.22. The molecule has 0 bridgehead atoms. The fraction of sp³-hybridized carbons (Fsp3) is 1.00. The summed E-state index contributed by atoms with van der Waals surface area (Å²) in [5.41, 5.74) is 0.556. The van der Waals surface area contributed by atoms with Crippen molar-refractivity contribution in [3.63, 3.8) is 0 Å². The first-order valence-corrected chi connectivity index (χ1v) is 11.2.